The zero-order chi connectivity index (χ0) is 23.5. The van der Waals surface area contributed by atoms with Gasteiger partial charge in [0.25, 0.3) is 5.56 Å². The van der Waals surface area contributed by atoms with Crippen molar-refractivity contribution < 1.29 is 9.53 Å². The second kappa shape index (κ2) is 9.91. The zero-order valence-corrected chi connectivity index (χ0v) is 20.2. The lowest BCUT2D eigenvalue weighted by atomic mass is 10.0. The number of fused-ring (bicyclic) bond motifs is 1. The van der Waals surface area contributed by atoms with E-state index in [4.69, 9.17) is 27.9 Å². The van der Waals surface area contributed by atoms with Crippen molar-refractivity contribution in [2.75, 3.05) is 6.61 Å². The third-order valence-corrected chi connectivity index (χ3v) is 6.79. The number of esters is 1. The van der Waals surface area contributed by atoms with Crippen LogP contribution < -0.4 is 14.9 Å². The first-order valence-electron chi connectivity index (χ1n) is 10.3. The van der Waals surface area contributed by atoms with Gasteiger partial charge in [0.2, 0.25) is 0 Å². The number of halogens is 2. The summed E-state index contributed by atoms with van der Waals surface area (Å²) in [7, 11) is 0. The standard InChI is InChI=1S/C25H20Cl2N2O3S/c1-3-32-24(31)22-15(2)28-25-29(20(22)12-10-16-7-5-4-6-8-16)23(30)21(33-25)14-17-9-11-18(26)19(27)13-17/h4-14,20H,3H2,1-2H3/b12-10-,21-14?/t20-/m0/s1. The number of rotatable bonds is 5. The van der Waals surface area contributed by atoms with Gasteiger partial charge in [0.05, 0.1) is 38.5 Å². The maximum Gasteiger partial charge on any atom is 0.338 e. The molecule has 8 heteroatoms. The summed E-state index contributed by atoms with van der Waals surface area (Å²) in [6.45, 7) is 3.73. The van der Waals surface area contributed by atoms with Crippen molar-refractivity contribution in [3.05, 3.63) is 107 Å². The van der Waals surface area contributed by atoms with Crippen molar-refractivity contribution in [2.45, 2.75) is 19.9 Å². The van der Waals surface area contributed by atoms with E-state index in [0.717, 1.165) is 11.1 Å². The number of ether oxygens (including phenoxy) is 1. The van der Waals surface area contributed by atoms with Crippen LogP contribution >= 0.6 is 34.5 Å². The number of carbonyl (C=O) groups excluding carboxylic acids is 1. The smallest absolute Gasteiger partial charge is 0.338 e. The molecule has 1 atom stereocenters. The minimum Gasteiger partial charge on any atom is -0.463 e. The molecule has 0 amide bonds. The average molecular weight is 499 g/mol. The molecule has 2 heterocycles. The Bertz CT molecular complexity index is 1450. The zero-order valence-electron chi connectivity index (χ0n) is 17.9. The van der Waals surface area contributed by atoms with Gasteiger partial charge in [-0.05, 0) is 43.2 Å². The Morgan fingerprint density at radius 1 is 1.15 bits per heavy atom. The molecule has 168 valence electrons. The van der Waals surface area contributed by atoms with Crippen LogP contribution in [0.2, 0.25) is 10.0 Å². The van der Waals surface area contributed by atoms with E-state index in [2.05, 4.69) is 4.99 Å². The van der Waals surface area contributed by atoms with E-state index in [1.165, 1.54) is 15.9 Å². The summed E-state index contributed by atoms with van der Waals surface area (Å²) in [6, 6.07) is 14.2. The highest BCUT2D eigenvalue weighted by atomic mass is 35.5. The van der Waals surface area contributed by atoms with Crippen LogP contribution in [0.3, 0.4) is 0 Å². The quantitative estimate of drug-likeness (QED) is 0.476. The van der Waals surface area contributed by atoms with Crippen LogP contribution in [0.25, 0.3) is 12.2 Å². The summed E-state index contributed by atoms with van der Waals surface area (Å²) in [5, 5.41) is 0.846. The molecule has 2 aromatic carbocycles. The number of allylic oxidation sites excluding steroid dienone is 2. The van der Waals surface area contributed by atoms with E-state index in [-0.39, 0.29) is 12.2 Å². The third-order valence-electron chi connectivity index (χ3n) is 5.07. The number of nitrogens with zero attached hydrogens (tertiary/aromatic N) is 2. The summed E-state index contributed by atoms with van der Waals surface area (Å²) in [6.07, 6.45) is 5.46. The molecule has 33 heavy (non-hydrogen) atoms. The monoisotopic (exact) mass is 498 g/mol. The third kappa shape index (κ3) is 4.88. The number of carbonyl (C=O) groups is 1. The summed E-state index contributed by atoms with van der Waals surface area (Å²) >= 11 is 13.4. The highest BCUT2D eigenvalue weighted by molar-refractivity contribution is 7.07. The molecular weight excluding hydrogens is 479 g/mol. The highest BCUT2D eigenvalue weighted by Gasteiger charge is 2.30. The predicted molar refractivity (Wildman–Crippen MR) is 133 cm³/mol. The van der Waals surface area contributed by atoms with E-state index < -0.39 is 12.0 Å². The van der Waals surface area contributed by atoms with E-state index in [0.29, 0.717) is 30.6 Å². The van der Waals surface area contributed by atoms with Crippen molar-refractivity contribution in [2.24, 2.45) is 4.99 Å². The highest BCUT2D eigenvalue weighted by Crippen LogP contribution is 2.27. The Balaban J connectivity index is 1.87. The molecule has 0 aliphatic carbocycles. The van der Waals surface area contributed by atoms with Crippen LogP contribution in [0.15, 0.2) is 75.7 Å². The second-order valence-corrected chi connectivity index (χ2v) is 9.11. The van der Waals surface area contributed by atoms with Crippen LogP contribution in [0.5, 0.6) is 0 Å². The van der Waals surface area contributed by atoms with Gasteiger partial charge in [0.15, 0.2) is 4.80 Å². The van der Waals surface area contributed by atoms with Gasteiger partial charge < -0.3 is 4.74 Å². The molecule has 0 saturated heterocycles. The molecule has 0 fully saturated rings. The fourth-order valence-electron chi connectivity index (χ4n) is 3.54. The molecular formula is C25H20Cl2N2O3S. The fraction of sp³-hybridized carbons (Fsp3) is 0.160. The molecule has 1 aliphatic heterocycles. The van der Waals surface area contributed by atoms with Gasteiger partial charge in [-0.1, -0.05) is 83.1 Å². The van der Waals surface area contributed by atoms with Crippen molar-refractivity contribution in [1.82, 2.24) is 4.57 Å². The molecule has 4 rings (SSSR count). The summed E-state index contributed by atoms with van der Waals surface area (Å²) in [5.74, 6) is -0.486. The number of hydrogen-bond donors (Lipinski definition) is 0. The number of aromatic nitrogens is 1. The van der Waals surface area contributed by atoms with Gasteiger partial charge in [-0.15, -0.1) is 0 Å². The molecule has 1 aromatic heterocycles. The van der Waals surface area contributed by atoms with Gasteiger partial charge >= 0.3 is 5.97 Å². The molecule has 0 spiro atoms. The molecule has 0 N–H and O–H groups in total. The first-order valence-corrected chi connectivity index (χ1v) is 11.8. The Kier molecular flexibility index (Phi) is 6.98. The Labute approximate surface area is 204 Å². The average Bonchev–Trinajstić information content (AvgIpc) is 3.09. The molecule has 0 bridgehead atoms. The summed E-state index contributed by atoms with van der Waals surface area (Å²) < 4.78 is 7.29. The number of benzene rings is 2. The van der Waals surface area contributed by atoms with Crippen LogP contribution in [-0.2, 0) is 9.53 Å². The lowest BCUT2D eigenvalue weighted by molar-refractivity contribution is -0.139. The van der Waals surface area contributed by atoms with Crippen molar-refractivity contribution >= 4 is 52.7 Å². The topological polar surface area (TPSA) is 60.7 Å². The summed E-state index contributed by atoms with van der Waals surface area (Å²) in [4.78, 5) is 31.3. The van der Waals surface area contributed by atoms with E-state index in [9.17, 15) is 9.59 Å². The lowest BCUT2D eigenvalue weighted by Gasteiger charge is -2.21. The maximum atomic E-state index is 13.4. The predicted octanol–water partition coefficient (Wildman–Crippen LogP) is 4.77. The number of hydrogen-bond acceptors (Lipinski definition) is 5. The van der Waals surface area contributed by atoms with Crippen LogP contribution in [0.4, 0.5) is 0 Å². The van der Waals surface area contributed by atoms with Gasteiger partial charge in [0.1, 0.15) is 0 Å². The van der Waals surface area contributed by atoms with E-state index in [1.807, 2.05) is 42.5 Å². The van der Waals surface area contributed by atoms with Gasteiger partial charge in [0, 0.05) is 0 Å². The van der Waals surface area contributed by atoms with Crippen LogP contribution in [-0.4, -0.2) is 17.1 Å². The molecule has 1 aliphatic rings. The van der Waals surface area contributed by atoms with E-state index in [1.54, 1.807) is 38.1 Å². The number of thiazole rings is 1. The van der Waals surface area contributed by atoms with Gasteiger partial charge in [-0.2, -0.15) is 0 Å². The van der Waals surface area contributed by atoms with Crippen molar-refractivity contribution in [3.63, 3.8) is 0 Å². The van der Waals surface area contributed by atoms with Crippen LogP contribution in [0.1, 0.15) is 31.0 Å². The Hall–Kier alpha value is -2.93. The Morgan fingerprint density at radius 2 is 1.91 bits per heavy atom. The molecule has 0 saturated carbocycles. The van der Waals surface area contributed by atoms with E-state index >= 15 is 0 Å². The normalized spacial score (nSPS) is 16.1. The van der Waals surface area contributed by atoms with Gasteiger partial charge in [-0.25, -0.2) is 9.79 Å². The molecule has 0 unspecified atom stereocenters. The SMILES string of the molecule is CCOC(=O)C1=C(C)N=c2sc(=Cc3ccc(Cl)c(Cl)c3)c(=O)n2[C@H]1/C=C\c1ccccc1. The first-order chi connectivity index (χ1) is 15.9. The first kappa shape index (κ1) is 23.2. The maximum absolute atomic E-state index is 13.4. The van der Waals surface area contributed by atoms with Crippen LogP contribution in [0, 0.1) is 0 Å². The van der Waals surface area contributed by atoms with Gasteiger partial charge in [-0.3, -0.25) is 9.36 Å². The molecule has 0 radical (unpaired) electrons. The fourth-order valence-corrected chi connectivity index (χ4v) is 4.90. The molecule has 3 aromatic rings. The van der Waals surface area contributed by atoms with Crippen molar-refractivity contribution in [1.29, 1.82) is 0 Å². The second-order valence-electron chi connectivity index (χ2n) is 7.29. The lowest BCUT2D eigenvalue weighted by Crippen LogP contribution is -2.38. The minimum atomic E-state index is -0.642. The Morgan fingerprint density at radius 3 is 2.61 bits per heavy atom. The summed E-state index contributed by atoms with van der Waals surface area (Å²) in [5.41, 5.74) is 2.32. The van der Waals surface area contributed by atoms with Crippen molar-refractivity contribution in [3.8, 4) is 0 Å². The molecule has 5 nitrogen and oxygen atoms in total. The minimum absolute atomic E-state index is 0.229. The largest absolute Gasteiger partial charge is 0.463 e.